The summed E-state index contributed by atoms with van der Waals surface area (Å²) in [5.74, 6) is -0.705. The van der Waals surface area contributed by atoms with Crippen LogP contribution >= 0.6 is 0 Å². The molecule has 0 aliphatic rings. The van der Waals surface area contributed by atoms with Gasteiger partial charge in [-0.05, 0) is 51.0 Å². The summed E-state index contributed by atoms with van der Waals surface area (Å²) in [5, 5.41) is 5.20. The van der Waals surface area contributed by atoms with Crippen molar-refractivity contribution in [1.29, 1.82) is 0 Å². The van der Waals surface area contributed by atoms with E-state index in [1.165, 1.54) is 31.4 Å². The third-order valence-corrected chi connectivity index (χ3v) is 5.00. The van der Waals surface area contributed by atoms with Crippen LogP contribution in [0, 0.1) is 5.92 Å². The highest BCUT2D eigenvalue weighted by Crippen LogP contribution is 2.16. The molecule has 1 aromatic rings. The van der Waals surface area contributed by atoms with Gasteiger partial charge in [0, 0.05) is 5.54 Å². The van der Waals surface area contributed by atoms with E-state index in [0.717, 1.165) is 0 Å². The van der Waals surface area contributed by atoms with Crippen molar-refractivity contribution < 1.29 is 22.7 Å². The summed E-state index contributed by atoms with van der Waals surface area (Å²) in [6.07, 6.45) is 0. The quantitative estimate of drug-likeness (QED) is 0.604. The van der Waals surface area contributed by atoms with Gasteiger partial charge >= 0.3 is 0 Å². The number of hydrogen-bond donors (Lipinski definition) is 3. The number of ether oxygens (including phenoxy) is 1. The minimum Gasteiger partial charge on any atom is -0.497 e. The van der Waals surface area contributed by atoms with Crippen LogP contribution < -0.4 is 20.1 Å². The van der Waals surface area contributed by atoms with Gasteiger partial charge in [-0.3, -0.25) is 9.59 Å². The molecule has 152 valence electrons. The van der Waals surface area contributed by atoms with Crippen molar-refractivity contribution in [2.75, 3.05) is 13.7 Å². The van der Waals surface area contributed by atoms with Crippen LogP contribution in [0.1, 0.15) is 34.6 Å². The lowest BCUT2D eigenvalue weighted by Gasteiger charge is -2.23. The van der Waals surface area contributed by atoms with E-state index in [9.17, 15) is 18.0 Å². The van der Waals surface area contributed by atoms with E-state index in [0.29, 0.717) is 5.75 Å². The molecule has 0 radical (unpaired) electrons. The summed E-state index contributed by atoms with van der Waals surface area (Å²) < 4.78 is 32.5. The van der Waals surface area contributed by atoms with E-state index in [1.54, 1.807) is 13.8 Å². The first-order chi connectivity index (χ1) is 12.4. The molecule has 0 aliphatic carbocycles. The highest BCUT2D eigenvalue weighted by atomic mass is 32.2. The van der Waals surface area contributed by atoms with Gasteiger partial charge in [0.25, 0.3) is 0 Å². The van der Waals surface area contributed by atoms with Gasteiger partial charge in [0.2, 0.25) is 21.8 Å². The summed E-state index contributed by atoms with van der Waals surface area (Å²) in [5.41, 5.74) is -0.421. The van der Waals surface area contributed by atoms with E-state index < -0.39 is 27.5 Å². The molecule has 0 bridgehead atoms. The lowest BCUT2D eigenvalue weighted by atomic mass is 10.1. The summed E-state index contributed by atoms with van der Waals surface area (Å²) in [4.78, 5) is 24.3. The second kappa shape index (κ2) is 9.18. The van der Waals surface area contributed by atoms with Crippen LogP contribution in [0.25, 0.3) is 0 Å². The number of carbonyl (C=O) groups is 2. The van der Waals surface area contributed by atoms with Gasteiger partial charge in [-0.25, -0.2) is 8.42 Å². The molecule has 1 atom stereocenters. The van der Waals surface area contributed by atoms with Crippen LogP contribution in [0.4, 0.5) is 0 Å². The molecule has 0 saturated heterocycles. The molecule has 1 aromatic carbocycles. The van der Waals surface area contributed by atoms with Crippen molar-refractivity contribution in [3.63, 3.8) is 0 Å². The van der Waals surface area contributed by atoms with Crippen molar-refractivity contribution in [2.24, 2.45) is 5.92 Å². The highest BCUT2D eigenvalue weighted by molar-refractivity contribution is 7.89. The van der Waals surface area contributed by atoms with Gasteiger partial charge in [0.1, 0.15) is 11.8 Å². The minimum absolute atomic E-state index is 0.0206. The van der Waals surface area contributed by atoms with Crippen LogP contribution in [0.15, 0.2) is 29.2 Å². The van der Waals surface area contributed by atoms with Crippen molar-refractivity contribution in [3.05, 3.63) is 24.3 Å². The Morgan fingerprint density at radius 3 is 2.11 bits per heavy atom. The van der Waals surface area contributed by atoms with Crippen LogP contribution in [-0.4, -0.2) is 45.5 Å². The Labute approximate surface area is 161 Å². The fourth-order valence-corrected chi connectivity index (χ4v) is 3.57. The highest BCUT2D eigenvalue weighted by Gasteiger charge is 2.28. The molecule has 0 spiro atoms. The molecule has 27 heavy (non-hydrogen) atoms. The van der Waals surface area contributed by atoms with Gasteiger partial charge < -0.3 is 15.4 Å². The van der Waals surface area contributed by atoms with Crippen LogP contribution in [0.2, 0.25) is 0 Å². The maximum atomic E-state index is 12.6. The van der Waals surface area contributed by atoms with E-state index in [-0.39, 0.29) is 23.3 Å². The number of hydrogen-bond acceptors (Lipinski definition) is 5. The number of carbonyl (C=O) groups excluding carboxylic acids is 2. The predicted molar refractivity (Wildman–Crippen MR) is 103 cm³/mol. The first kappa shape index (κ1) is 22.9. The third-order valence-electron chi connectivity index (χ3n) is 3.54. The Morgan fingerprint density at radius 1 is 1.11 bits per heavy atom. The van der Waals surface area contributed by atoms with E-state index in [4.69, 9.17) is 4.74 Å². The maximum absolute atomic E-state index is 12.6. The van der Waals surface area contributed by atoms with Gasteiger partial charge in [-0.1, -0.05) is 13.8 Å². The molecule has 3 N–H and O–H groups in total. The zero-order valence-corrected chi connectivity index (χ0v) is 17.4. The number of amides is 2. The Bertz CT molecular complexity index is 752. The SMILES string of the molecule is COc1ccc(S(=O)(=O)N[C@H](C(=O)NCC(=O)NC(C)(C)C)C(C)C)cc1. The number of nitrogens with one attached hydrogen (secondary N) is 3. The first-order valence-electron chi connectivity index (χ1n) is 8.61. The monoisotopic (exact) mass is 399 g/mol. The van der Waals surface area contributed by atoms with Crippen molar-refractivity contribution >= 4 is 21.8 Å². The smallest absolute Gasteiger partial charge is 0.241 e. The Morgan fingerprint density at radius 2 is 1.67 bits per heavy atom. The normalized spacial score (nSPS) is 13.1. The van der Waals surface area contributed by atoms with Gasteiger partial charge in [0.05, 0.1) is 18.6 Å². The van der Waals surface area contributed by atoms with Crippen molar-refractivity contribution in [1.82, 2.24) is 15.4 Å². The Balaban J connectivity index is 2.82. The van der Waals surface area contributed by atoms with Crippen LogP contribution in [0.5, 0.6) is 5.75 Å². The topological polar surface area (TPSA) is 114 Å². The summed E-state index contributed by atoms with van der Waals surface area (Å²) in [7, 11) is -2.43. The summed E-state index contributed by atoms with van der Waals surface area (Å²) in [6, 6.07) is 4.83. The zero-order chi connectivity index (χ0) is 20.8. The molecule has 0 aromatic heterocycles. The van der Waals surface area contributed by atoms with Crippen molar-refractivity contribution in [3.8, 4) is 5.75 Å². The molecular weight excluding hydrogens is 370 g/mol. The average Bonchev–Trinajstić information content (AvgIpc) is 2.56. The molecule has 0 fully saturated rings. The second-order valence-corrected chi connectivity index (χ2v) is 9.25. The summed E-state index contributed by atoms with van der Waals surface area (Å²) >= 11 is 0. The predicted octanol–water partition coefficient (Wildman–Crippen LogP) is 1.03. The van der Waals surface area contributed by atoms with Gasteiger partial charge in [-0.2, -0.15) is 4.72 Å². The van der Waals surface area contributed by atoms with Gasteiger partial charge in [0.15, 0.2) is 0 Å². The van der Waals surface area contributed by atoms with E-state index in [2.05, 4.69) is 15.4 Å². The van der Waals surface area contributed by atoms with Crippen molar-refractivity contribution in [2.45, 2.75) is 51.1 Å². The largest absolute Gasteiger partial charge is 0.497 e. The van der Waals surface area contributed by atoms with E-state index >= 15 is 0 Å². The number of methoxy groups -OCH3 is 1. The number of rotatable bonds is 8. The zero-order valence-electron chi connectivity index (χ0n) is 16.6. The number of sulfonamides is 1. The molecule has 9 heteroatoms. The van der Waals surface area contributed by atoms with Crippen LogP contribution in [0.3, 0.4) is 0 Å². The molecule has 1 rings (SSSR count). The first-order valence-corrected chi connectivity index (χ1v) is 10.1. The lowest BCUT2D eigenvalue weighted by molar-refractivity contribution is -0.128. The molecule has 0 heterocycles. The van der Waals surface area contributed by atoms with E-state index in [1.807, 2.05) is 20.8 Å². The second-order valence-electron chi connectivity index (χ2n) is 7.53. The molecule has 8 nitrogen and oxygen atoms in total. The Hall–Kier alpha value is -2.13. The molecule has 0 saturated carbocycles. The minimum atomic E-state index is -3.91. The fourth-order valence-electron chi connectivity index (χ4n) is 2.22. The fraction of sp³-hybridized carbons (Fsp3) is 0.556. The molecule has 0 aliphatic heterocycles. The van der Waals surface area contributed by atoms with Crippen LogP contribution in [-0.2, 0) is 19.6 Å². The third kappa shape index (κ3) is 7.56. The Kier molecular flexibility index (Phi) is 7.79. The standard InChI is InChI=1S/C18H29N3O5S/c1-12(2)16(17(23)19-11-15(22)20-18(3,4)5)21-27(24,25)14-9-7-13(26-6)8-10-14/h7-10,12,16,21H,11H2,1-6H3,(H,19,23)(H,20,22)/t16-/m0/s1. The lowest BCUT2D eigenvalue weighted by Crippen LogP contribution is -2.52. The summed E-state index contributed by atoms with van der Waals surface area (Å²) in [6.45, 7) is 8.68. The molecular formula is C18H29N3O5S. The van der Waals surface area contributed by atoms with Gasteiger partial charge in [-0.15, -0.1) is 0 Å². The molecule has 2 amide bonds. The number of benzene rings is 1. The maximum Gasteiger partial charge on any atom is 0.241 e. The average molecular weight is 400 g/mol. The molecule has 0 unspecified atom stereocenters.